The molecule has 1 aliphatic rings. The minimum atomic E-state index is -0.400. The lowest BCUT2D eigenvalue weighted by Crippen LogP contribution is -2.47. The monoisotopic (exact) mass is 422 g/mol. The summed E-state index contributed by atoms with van der Waals surface area (Å²) in [5.41, 5.74) is 1.50. The molecule has 1 saturated heterocycles. The second kappa shape index (κ2) is 9.23. The van der Waals surface area contributed by atoms with Crippen molar-refractivity contribution in [3.63, 3.8) is 0 Å². The topological polar surface area (TPSA) is 78.7 Å². The Hall–Kier alpha value is -2.35. The van der Waals surface area contributed by atoms with Gasteiger partial charge in [0.2, 0.25) is 5.91 Å². The number of rotatable bonds is 6. The Kier molecular flexibility index (Phi) is 6.72. The molecule has 0 aliphatic carbocycles. The molecule has 7 nitrogen and oxygen atoms in total. The standard InChI is InChI=1S/C19H20Cl2N4O3/c20-16-2-1-3-17(21)19(16)22-18(26)8-9-23-10-12-24(13-11-23)14-4-6-15(7-5-14)25(27)28/h1-7H,8-13H2,(H,22,26). The van der Waals surface area contributed by atoms with Gasteiger partial charge in [-0.05, 0) is 24.3 Å². The summed E-state index contributed by atoms with van der Waals surface area (Å²) in [5.74, 6) is -0.132. The SMILES string of the molecule is O=C(CCN1CCN(c2ccc([N+](=O)[O-])cc2)CC1)Nc1c(Cl)cccc1Cl. The fraction of sp³-hybridized carbons (Fsp3) is 0.316. The highest BCUT2D eigenvalue weighted by Crippen LogP contribution is 2.29. The Morgan fingerprint density at radius 1 is 1.04 bits per heavy atom. The number of carbonyl (C=O) groups is 1. The lowest BCUT2D eigenvalue weighted by Gasteiger charge is -2.36. The summed E-state index contributed by atoms with van der Waals surface area (Å²) >= 11 is 12.1. The molecule has 0 spiro atoms. The van der Waals surface area contributed by atoms with Gasteiger partial charge >= 0.3 is 0 Å². The fourth-order valence-electron chi connectivity index (χ4n) is 3.09. The Morgan fingerprint density at radius 2 is 1.64 bits per heavy atom. The van der Waals surface area contributed by atoms with Gasteiger partial charge in [-0.2, -0.15) is 0 Å². The van der Waals surface area contributed by atoms with E-state index in [1.807, 2.05) is 0 Å². The zero-order valence-corrected chi connectivity index (χ0v) is 16.6. The van der Waals surface area contributed by atoms with Crippen molar-refractivity contribution in [2.24, 2.45) is 0 Å². The van der Waals surface area contributed by atoms with E-state index in [9.17, 15) is 14.9 Å². The van der Waals surface area contributed by atoms with Crippen LogP contribution in [0.4, 0.5) is 17.1 Å². The highest BCUT2D eigenvalue weighted by Gasteiger charge is 2.19. The Balaban J connectivity index is 1.45. The molecule has 1 amide bonds. The van der Waals surface area contributed by atoms with Gasteiger partial charge in [-0.1, -0.05) is 29.3 Å². The fourth-order valence-corrected chi connectivity index (χ4v) is 3.59. The third kappa shape index (κ3) is 5.13. The van der Waals surface area contributed by atoms with Crippen LogP contribution in [0.3, 0.4) is 0 Å². The number of amides is 1. The van der Waals surface area contributed by atoms with Crippen molar-refractivity contribution in [1.82, 2.24) is 4.90 Å². The molecular weight excluding hydrogens is 403 g/mol. The molecule has 9 heteroatoms. The molecule has 1 heterocycles. The van der Waals surface area contributed by atoms with Crippen LogP contribution in [0.1, 0.15) is 6.42 Å². The third-order valence-electron chi connectivity index (χ3n) is 4.68. The van der Waals surface area contributed by atoms with E-state index in [-0.39, 0.29) is 11.6 Å². The smallest absolute Gasteiger partial charge is 0.269 e. The maximum Gasteiger partial charge on any atom is 0.269 e. The number of nitrogens with zero attached hydrogens (tertiary/aromatic N) is 3. The Morgan fingerprint density at radius 3 is 2.21 bits per heavy atom. The molecule has 0 radical (unpaired) electrons. The lowest BCUT2D eigenvalue weighted by atomic mass is 10.2. The number of benzene rings is 2. The second-order valence-electron chi connectivity index (χ2n) is 6.50. The summed E-state index contributed by atoms with van der Waals surface area (Å²) in [6.07, 6.45) is 0.346. The number of hydrogen-bond acceptors (Lipinski definition) is 5. The highest BCUT2D eigenvalue weighted by atomic mass is 35.5. The molecule has 148 valence electrons. The number of para-hydroxylation sites is 1. The van der Waals surface area contributed by atoms with Crippen LogP contribution in [0, 0.1) is 10.1 Å². The van der Waals surface area contributed by atoms with Crippen molar-refractivity contribution < 1.29 is 9.72 Å². The van der Waals surface area contributed by atoms with E-state index in [2.05, 4.69) is 15.1 Å². The largest absolute Gasteiger partial charge is 0.369 e. The molecule has 1 aliphatic heterocycles. The average molecular weight is 423 g/mol. The molecule has 3 rings (SSSR count). The predicted molar refractivity (Wildman–Crippen MR) is 111 cm³/mol. The summed E-state index contributed by atoms with van der Waals surface area (Å²) in [4.78, 5) is 27.0. The number of carbonyl (C=O) groups excluding carboxylic acids is 1. The Bertz CT molecular complexity index is 833. The minimum absolute atomic E-state index is 0.0898. The van der Waals surface area contributed by atoms with Gasteiger partial charge in [0, 0.05) is 57.0 Å². The van der Waals surface area contributed by atoms with E-state index < -0.39 is 4.92 Å². The van der Waals surface area contributed by atoms with E-state index in [4.69, 9.17) is 23.2 Å². The van der Waals surface area contributed by atoms with Gasteiger partial charge in [0.15, 0.2) is 0 Å². The van der Waals surface area contributed by atoms with Crippen molar-refractivity contribution >= 4 is 46.2 Å². The summed E-state index contributed by atoms with van der Waals surface area (Å²) < 4.78 is 0. The zero-order valence-electron chi connectivity index (χ0n) is 15.1. The normalized spacial score (nSPS) is 14.7. The number of nitro groups is 1. The first-order valence-electron chi connectivity index (χ1n) is 8.89. The van der Waals surface area contributed by atoms with Crippen molar-refractivity contribution in [1.29, 1.82) is 0 Å². The molecule has 2 aromatic carbocycles. The summed E-state index contributed by atoms with van der Waals surface area (Å²) in [7, 11) is 0. The van der Waals surface area contributed by atoms with Crippen LogP contribution in [0.25, 0.3) is 0 Å². The van der Waals surface area contributed by atoms with Gasteiger partial charge in [-0.25, -0.2) is 0 Å². The van der Waals surface area contributed by atoms with E-state index in [0.29, 0.717) is 28.7 Å². The van der Waals surface area contributed by atoms with Crippen LogP contribution < -0.4 is 10.2 Å². The summed E-state index contributed by atoms with van der Waals surface area (Å²) in [6, 6.07) is 11.7. The quantitative estimate of drug-likeness (QED) is 0.560. The van der Waals surface area contributed by atoms with Crippen LogP contribution in [-0.4, -0.2) is 48.5 Å². The van der Waals surface area contributed by atoms with Gasteiger partial charge in [-0.3, -0.25) is 19.8 Å². The lowest BCUT2D eigenvalue weighted by molar-refractivity contribution is -0.384. The number of non-ortho nitro benzene ring substituents is 1. The molecule has 1 fully saturated rings. The highest BCUT2D eigenvalue weighted by molar-refractivity contribution is 6.39. The van der Waals surface area contributed by atoms with Crippen molar-refractivity contribution in [3.05, 3.63) is 62.6 Å². The molecule has 0 saturated carbocycles. The van der Waals surface area contributed by atoms with Crippen LogP contribution in [0.15, 0.2) is 42.5 Å². The van der Waals surface area contributed by atoms with Gasteiger partial charge in [0.1, 0.15) is 0 Å². The number of nitro benzene ring substituents is 1. The van der Waals surface area contributed by atoms with Gasteiger partial charge < -0.3 is 10.2 Å². The third-order valence-corrected chi connectivity index (χ3v) is 5.31. The van der Waals surface area contributed by atoms with E-state index in [1.54, 1.807) is 30.3 Å². The first-order chi connectivity index (χ1) is 13.4. The molecule has 28 heavy (non-hydrogen) atoms. The molecule has 0 aromatic heterocycles. The van der Waals surface area contributed by atoms with E-state index in [1.165, 1.54) is 12.1 Å². The summed E-state index contributed by atoms with van der Waals surface area (Å²) in [6.45, 7) is 3.88. The molecular formula is C19H20Cl2N4O3. The first kappa shape index (κ1) is 20.4. The molecule has 1 N–H and O–H groups in total. The number of nitrogens with one attached hydrogen (secondary N) is 1. The second-order valence-corrected chi connectivity index (χ2v) is 7.31. The number of anilines is 2. The average Bonchev–Trinajstić information content (AvgIpc) is 2.70. The van der Waals surface area contributed by atoms with E-state index in [0.717, 1.165) is 31.9 Å². The molecule has 0 atom stereocenters. The Labute approximate surface area is 173 Å². The maximum absolute atomic E-state index is 12.2. The van der Waals surface area contributed by atoms with Crippen molar-refractivity contribution in [2.45, 2.75) is 6.42 Å². The van der Waals surface area contributed by atoms with Crippen molar-refractivity contribution in [3.8, 4) is 0 Å². The van der Waals surface area contributed by atoms with E-state index >= 15 is 0 Å². The maximum atomic E-state index is 12.2. The molecule has 2 aromatic rings. The van der Waals surface area contributed by atoms with Crippen LogP contribution in [0.5, 0.6) is 0 Å². The van der Waals surface area contributed by atoms with Crippen molar-refractivity contribution in [2.75, 3.05) is 42.9 Å². The number of halogens is 2. The summed E-state index contributed by atoms with van der Waals surface area (Å²) in [5, 5.41) is 14.3. The first-order valence-corrected chi connectivity index (χ1v) is 9.65. The van der Waals surface area contributed by atoms with Gasteiger partial charge in [0.05, 0.1) is 20.7 Å². The van der Waals surface area contributed by atoms with Crippen LogP contribution in [-0.2, 0) is 4.79 Å². The number of hydrogen-bond donors (Lipinski definition) is 1. The van der Waals surface area contributed by atoms with Gasteiger partial charge in [-0.15, -0.1) is 0 Å². The predicted octanol–water partition coefficient (Wildman–Crippen LogP) is 4.05. The van der Waals surface area contributed by atoms with Crippen LogP contribution >= 0.6 is 23.2 Å². The van der Waals surface area contributed by atoms with Crippen LogP contribution in [0.2, 0.25) is 10.0 Å². The number of piperazine rings is 1. The van der Waals surface area contributed by atoms with Gasteiger partial charge in [0.25, 0.3) is 5.69 Å². The molecule has 0 bridgehead atoms. The minimum Gasteiger partial charge on any atom is -0.369 e. The zero-order chi connectivity index (χ0) is 20.1. The molecule has 0 unspecified atom stereocenters.